The van der Waals surface area contributed by atoms with Crippen molar-refractivity contribution in [3.05, 3.63) is 0 Å². The molecule has 6 heteroatoms. The molecule has 62 valence electrons. The third kappa shape index (κ3) is 5.96. The molecule has 0 heterocycles. The summed E-state index contributed by atoms with van der Waals surface area (Å²) in [5.74, 6) is 0. The van der Waals surface area contributed by atoms with E-state index in [0.29, 0.717) is 0 Å². The van der Waals surface area contributed by atoms with Gasteiger partial charge in [0.25, 0.3) is 10.1 Å². The molecule has 0 aliphatic carbocycles. The molecule has 0 aliphatic rings. The van der Waals surface area contributed by atoms with Gasteiger partial charge in [0.1, 0.15) is 6.10 Å². The molecule has 0 saturated heterocycles. The first-order chi connectivity index (χ1) is 4.45. The maximum absolute atomic E-state index is 10.2. The van der Waals surface area contributed by atoms with Crippen molar-refractivity contribution in [1.29, 1.82) is 0 Å². The van der Waals surface area contributed by atoms with E-state index >= 15 is 0 Å². The van der Waals surface area contributed by atoms with Crippen molar-refractivity contribution in [2.45, 2.75) is 6.10 Å². The van der Waals surface area contributed by atoms with E-state index in [0.717, 1.165) is 6.26 Å². The first-order valence-electron chi connectivity index (χ1n) is 2.59. The van der Waals surface area contributed by atoms with E-state index in [9.17, 15) is 8.42 Å². The second-order valence-electron chi connectivity index (χ2n) is 1.83. The maximum Gasteiger partial charge on any atom is 0.264 e. The van der Waals surface area contributed by atoms with Crippen LogP contribution in [0.2, 0.25) is 0 Å². The fourth-order valence-corrected chi connectivity index (χ4v) is 0.659. The van der Waals surface area contributed by atoms with Crippen molar-refractivity contribution in [1.82, 2.24) is 0 Å². The SMILES string of the molecule is CS(=O)(=O)OC[C@@H](O)CO. The van der Waals surface area contributed by atoms with E-state index in [2.05, 4.69) is 4.18 Å². The Hall–Kier alpha value is -0.170. The Bertz CT molecular complexity index is 172. The van der Waals surface area contributed by atoms with Gasteiger partial charge in [-0.3, -0.25) is 4.18 Å². The van der Waals surface area contributed by atoms with Crippen LogP contribution in [0, 0.1) is 0 Å². The van der Waals surface area contributed by atoms with Crippen molar-refractivity contribution in [3.63, 3.8) is 0 Å². The Labute approximate surface area is 59.4 Å². The van der Waals surface area contributed by atoms with Crippen LogP contribution in [0.3, 0.4) is 0 Å². The molecule has 0 amide bonds. The molecule has 0 saturated carbocycles. The molecule has 0 spiro atoms. The lowest BCUT2D eigenvalue weighted by molar-refractivity contribution is 0.0560. The quantitative estimate of drug-likeness (QED) is 0.492. The summed E-state index contributed by atoms with van der Waals surface area (Å²) in [5.41, 5.74) is 0. The van der Waals surface area contributed by atoms with Gasteiger partial charge in [-0.05, 0) is 0 Å². The average Bonchev–Trinajstić information content (AvgIpc) is 1.81. The number of hydrogen-bond donors (Lipinski definition) is 2. The highest BCUT2D eigenvalue weighted by atomic mass is 32.2. The van der Waals surface area contributed by atoms with Gasteiger partial charge in [0.15, 0.2) is 0 Å². The summed E-state index contributed by atoms with van der Waals surface area (Å²) in [6.07, 6.45) is -0.258. The van der Waals surface area contributed by atoms with Gasteiger partial charge in [-0.2, -0.15) is 8.42 Å². The van der Waals surface area contributed by atoms with Crippen molar-refractivity contribution < 1.29 is 22.8 Å². The van der Waals surface area contributed by atoms with Crippen LogP contribution in [0.1, 0.15) is 0 Å². The molecule has 0 fully saturated rings. The molecule has 2 N–H and O–H groups in total. The van der Waals surface area contributed by atoms with Crippen LogP contribution >= 0.6 is 0 Å². The normalized spacial score (nSPS) is 15.1. The first kappa shape index (κ1) is 9.83. The molecule has 0 aromatic heterocycles. The lowest BCUT2D eigenvalue weighted by Crippen LogP contribution is -2.21. The zero-order valence-corrected chi connectivity index (χ0v) is 6.34. The molecule has 1 atom stereocenters. The topological polar surface area (TPSA) is 83.8 Å². The van der Waals surface area contributed by atoms with Gasteiger partial charge >= 0.3 is 0 Å². The summed E-state index contributed by atoms with van der Waals surface area (Å²) in [7, 11) is -3.50. The fourth-order valence-electron chi connectivity index (χ4n) is 0.255. The summed E-state index contributed by atoms with van der Waals surface area (Å²) in [6, 6.07) is 0. The van der Waals surface area contributed by atoms with Crippen LogP contribution in [-0.4, -0.2) is 44.2 Å². The van der Waals surface area contributed by atoms with Gasteiger partial charge in [-0.1, -0.05) is 0 Å². The average molecular weight is 170 g/mol. The van der Waals surface area contributed by atoms with Gasteiger partial charge in [-0.15, -0.1) is 0 Å². The minimum absolute atomic E-state index is 0.394. The third-order valence-electron chi connectivity index (χ3n) is 0.685. The molecule has 5 nitrogen and oxygen atoms in total. The Kier molecular flexibility index (Phi) is 3.80. The first-order valence-corrected chi connectivity index (χ1v) is 4.40. The van der Waals surface area contributed by atoms with Crippen LogP contribution in [0.4, 0.5) is 0 Å². The Morgan fingerprint density at radius 3 is 2.40 bits per heavy atom. The second kappa shape index (κ2) is 3.87. The zero-order valence-electron chi connectivity index (χ0n) is 5.52. The molecule has 0 aromatic rings. The van der Waals surface area contributed by atoms with E-state index in [1.165, 1.54) is 0 Å². The third-order valence-corrected chi connectivity index (χ3v) is 1.25. The van der Waals surface area contributed by atoms with Gasteiger partial charge < -0.3 is 10.2 Å². The van der Waals surface area contributed by atoms with Crippen molar-refractivity contribution >= 4 is 10.1 Å². The van der Waals surface area contributed by atoms with E-state index in [1.807, 2.05) is 0 Å². The van der Waals surface area contributed by atoms with Gasteiger partial charge in [0.05, 0.1) is 19.5 Å². The van der Waals surface area contributed by atoms with E-state index in [1.54, 1.807) is 0 Å². The summed E-state index contributed by atoms with van der Waals surface area (Å²) >= 11 is 0. The van der Waals surface area contributed by atoms with Gasteiger partial charge in [0, 0.05) is 0 Å². The molecular weight excluding hydrogens is 160 g/mol. The zero-order chi connectivity index (χ0) is 8.20. The lowest BCUT2D eigenvalue weighted by Gasteiger charge is -2.04. The van der Waals surface area contributed by atoms with Crippen molar-refractivity contribution in [2.24, 2.45) is 0 Å². The fraction of sp³-hybridized carbons (Fsp3) is 1.00. The second-order valence-corrected chi connectivity index (χ2v) is 3.47. The highest BCUT2D eigenvalue weighted by Gasteiger charge is 2.06. The minimum Gasteiger partial charge on any atom is -0.394 e. The number of rotatable bonds is 4. The van der Waals surface area contributed by atoms with Crippen LogP contribution in [0.5, 0.6) is 0 Å². The Morgan fingerprint density at radius 2 is 2.10 bits per heavy atom. The predicted molar refractivity (Wildman–Crippen MR) is 33.9 cm³/mol. The van der Waals surface area contributed by atoms with Crippen LogP contribution in [-0.2, 0) is 14.3 Å². The number of aliphatic hydroxyl groups is 2. The van der Waals surface area contributed by atoms with Crippen molar-refractivity contribution in [3.8, 4) is 0 Å². The summed E-state index contributed by atoms with van der Waals surface area (Å²) < 4.78 is 24.6. The van der Waals surface area contributed by atoms with Crippen molar-refractivity contribution in [2.75, 3.05) is 19.5 Å². The standard InChI is InChI=1S/C4H10O5S/c1-10(7,8)9-3-4(6)2-5/h4-6H,2-3H2,1H3/t4-/m0/s1. The van der Waals surface area contributed by atoms with Crippen LogP contribution < -0.4 is 0 Å². The molecule has 0 aromatic carbocycles. The lowest BCUT2D eigenvalue weighted by atomic mass is 10.4. The minimum atomic E-state index is -3.50. The largest absolute Gasteiger partial charge is 0.394 e. The monoisotopic (exact) mass is 170 g/mol. The summed E-state index contributed by atoms with van der Waals surface area (Å²) in [5, 5.41) is 16.8. The predicted octanol–water partition coefficient (Wildman–Crippen LogP) is -1.68. The Balaban J connectivity index is 3.56. The number of hydrogen-bond acceptors (Lipinski definition) is 5. The molecule has 0 bridgehead atoms. The summed E-state index contributed by atoms with van der Waals surface area (Å²) in [4.78, 5) is 0. The van der Waals surface area contributed by atoms with E-state index in [4.69, 9.17) is 10.2 Å². The number of aliphatic hydroxyl groups excluding tert-OH is 2. The maximum atomic E-state index is 10.2. The smallest absolute Gasteiger partial charge is 0.264 e. The van der Waals surface area contributed by atoms with Crippen LogP contribution in [0.15, 0.2) is 0 Å². The van der Waals surface area contributed by atoms with Crippen LogP contribution in [0.25, 0.3) is 0 Å². The highest BCUT2D eigenvalue weighted by molar-refractivity contribution is 7.85. The van der Waals surface area contributed by atoms with Gasteiger partial charge in [0.2, 0.25) is 0 Å². The van der Waals surface area contributed by atoms with E-state index in [-0.39, 0.29) is 0 Å². The van der Waals surface area contributed by atoms with Gasteiger partial charge in [-0.25, -0.2) is 0 Å². The summed E-state index contributed by atoms with van der Waals surface area (Å²) in [6.45, 7) is -0.898. The molecule has 0 rings (SSSR count). The molecule has 0 unspecified atom stereocenters. The molecular formula is C4H10O5S. The highest BCUT2D eigenvalue weighted by Crippen LogP contribution is 1.89. The molecule has 0 aliphatic heterocycles. The molecule has 0 radical (unpaired) electrons. The van der Waals surface area contributed by atoms with E-state index < -0.39 is 29.4 Å². The Morgan fingerprint density at radius 1 is 1.60 bits per heavy atom. The molecule has 10 heavy (non-hydrogen) atoms.